The van der Waals surface area contributed by atoms with Crippen molar-refractivity contribution in [2.45, 2.75) is 31.8 Å². The lowest BCUT2D eigenvalue weighted by Gasteiger charge is -2.24. The molecule has 40 heavy (non-hydrogen) atoms. The molecule has 1 aliphatic rings. The van der Waals surface area contributed by atoms with E-state index in [1.807, 2.05) is 0 Å². The zero-order valence-corrected chi connectivity index (χ0v) is 22.4. The summed E-state index contributed by atoms with van der Waals surface area (Å²) in [6.45, 7) is 3.34. The van der Waals surface area contributed by atoms with Crippen molar-refractivity contribution in [1.29, 1.82) is 0 Å². The predicted octanol–water partition coefficient (Wildman–Crippen LogP) is 4.55. The van der Waals surface area contributed by atoms with Crippen LogP contribution in [0.5, 0.6) is 11.6 Å². The van der Waals surface area contributed by atoms with Crippen molar-refractivity contribution >= 4 is 17.2 Å². The number of nitrogens with one attached hydrogen (secondary N) is 3. The van der Waals surface area contributed by atoms with Gasteiger partial charge in [-0.15, -0.1) is 0 Å². The number of aromatic nitrogens is 3. The van der Waals surface area contributed by atoms with Crippen LogP contribution in [0.4, 0.5) is 14.7 Å². The van der Waals surface area contributed by atoms with E-state index >= 15 is 8.78 Å². The molecule has 0 aliphatic carbocycles. The molecule has 3 N–H and O–H groups in total. The second kappa shape index (κ2) is 12.6. The van der Waals surface area contributed by atoms with Crippen LogP contribution >= 0.6 is 0 Å². The Hall–Kier alpha value is -3.84. The molecular formula is C28H27F2N6O3S-. The second-order valence-electron chi connectivity index (χ2n) is 9.34. The Morgan fingerprint density at radius 3 is 2.67 bits per heavy atom. The normalized spacial score (nSPS) is 16.8. The van der Waals surface area contributed by atoms with Gasteiger partial charge in [0.1, 0.15) is 0 Å². The van der Waals surface area contributed by atoms with Gasteiger partial charge in [0.25, 0.3) is 0 Å². The molecule has 1 saturated heterocycles. The third kappa shape index (κ3) is 6.31. The van der Waals surface area contributed by atoms with Crippen molar-refractivity contribution in [1.82, 2.24) is 25.0 Å². The van der Waals surface area contributed by atoms with Gasteiger partial charge in [0.2, 0.25) is 17.6 Å². The van der Waals surface area contributed by atoms with Gasteiger partial charge in [-0.25, -0.2) is 24.1 Å². The maximum atomic E-state index is 15.6. The highest BCUT2D eigenvalue weighted by Crippen LogP contribution is 2.37. The fourth-order valence-electron chi connectivity index (χ4n) is 4.71. The van der Waals surface area contributed by atoms with Crippen molar-refractivity contribution in [3.63, 3.8) is 0 Å². The molecule has 2 aromatic carbocycles. The number of piperidine rings is 1. The predicted molar refractivity (Wildman–Crippen MR) is 146 cm³/mol. The number of hydrogen-bond acceptors (Lipinski definition) is 8. The molecule has 3 atom stereocenters. The maximum Gasteiger partial charge on any atom is 0.228 e. The van der Waals surface area contributed by atoms with E-state index in [4.69, 9.17) is 4.74 Å². The Balaban J connectivity index is 1.46. The summed E-state index contributed by atoms with van der Waals surface area (Å²) in [4.78, 5) is 13.1. The lowest BCUT2D eigenvalue weighted by molar-refractivity contribution is 0.400. The lowest BCUT2D eigenvalue weighted by atomic mass is 9.94. The summed E-state index contributed by atoms with van der Waals surface area (Å²) in [5, 5.41) is 6.66. The highest BCUT2D eigenvalue weighted by Gasteiger charge is 2.26. The molecule has 0 spiro atoms. The van der Waals surface area contributed by atoms with Crippen molar-refractivity contribution in [3.05, 3.63) is 95.3 Å². The fourth-order valence-corrected chi connectivity index (χ4v) is 5.15. The molecule has 208 valence electrons. The van der Waals surface area contributed by atoms with Gasteiger partial charge in [-0.05, 0) is 61.7 Å². The minimum absolute atomic E-state index is 0.0235. The van der Waals surface area contributed by atoms with Gasteiger partial charge in [-0.3, -0.25) is 4.21 Å². The van der Waals surface area contributed by atoms with E-state index in [-0.39, 0.29) is 23.0 Å². The molecule has 0 bridgehead atoms. The summed E-state index contributed by atoms with van der Waals surface area (Å²) in [6, 6.07) is 13.8. The molecule has 1 aliphatic heterocycles. The number of hydrogen-bond donors (Lipinski definition) is 3. The average molecular weight is 566 g/mol. The van der Waals surface area contributed by atoms with Crippen LogP contribution in [0, 0.1) is 18.6 Å². The number of anilines is 1. The quantitative estimate of drug-likeness (QED) is 0.253. The number of aryl methyl sites for hydroxylation is 1. The van der Waals surface area contributed by atoms with E-state index in [9.17, 15) is 8.76 Å². The number of rotatable bonds is 9. The summed E-state index contributed by atoms with van der Waals surface area (Å²) in [7, 11) is 0. The maximum absolute atomic E-state index is 15.6. The highest BCUT2D eigenvalue weighted by molar-refractivity contribution is 7.77. The lowest BCUT2D eigenvalue weighted by Crippen LogP contribution is -2.38. The molecule has 9 nitrogen and oxygen atoms in total. The first-order valence-corrected chi connectivity index (χ1v) is 13.8. The number of benzene rings is 2. The SMILES string of the molecule is Cc1cc(Oc2ncccc2-c2ccnc(N[C@H]3CCCNC3)n2)c(F)c(F)c1[C@@H](NS(=O)[O-])c1ccccc1. The van der Waals surface area contributed by atoms with E-state index < -0.39 is 34.7 Å². The Bertz CT molecular complexity index is 1510. The van der Waals surface area contributed by atoms with Gasteiger partial charge in [0.05, 0.1) is 17.3 Å². The van der Waals surface area contributed by atoms with Gasteiger partial charge in [-0.2, -0.15) is 4.39 Å². The Kier molecular flexibility index (Phi) is 8.70. The van der Waals surface area contributed by atoms with Crippen LogP contribution in [0.15, 0.2) is 67.0 Å². The number of pyridine rings is 1. The van der Waals surface area contributed by atoms with Crippen LogP contribution in [-0.4, -0.2) is 42.8 Å². The van der Waals surface area contributed by atoms with Gasteiger partial charge in [0.15, 0.2) is 11.6 Å². The van der Waals surface area contributed by atoms with Crippen LogP contribution < -0.4 is 20.1 Å². The minimum atomic E-state index is -2.74. The number of nitrogens with zero attached hydrogens (tertiary/aromatic N) is 3. The molecule has 0 saturated carbocycles. The van der Waals surface area contributed by atoms with Crippen molar-refractivity contribution < 1.29 is 22.3 Å². The first-order valence-electron chi connectivity index (χ1n) is 12.7. The van der Waals surface area contributed by atoms with Crippen molar-refractivity contribution in [2.75, 3.05) is 18.4 Å². The molecule has 3 heterocycles. The van der Waals surface area contributed by atoms with Crippen molar-refractivity contribution in [3.8, 4) is 22.9 Å². The third-order valence-corrected chi connectivity index (χ3v) is 7.02. The third-order valence-electron chi connectivity index (χ3n) is 6.59. The zero-order chi connectivity index (χ0) is 28.1. The van der Waals surface area contributed by atoms with Crippen LogP contribution in [0.1, 0.15) is 35.6 Å². The van der Waals surface area contributed by atoms with E-state index in [2.05, 4.69) is 30.3 Å². The molecule has 1 fully saturated rings. The molecule has 1 unspecified atom stereocenters. The minimum Gasteiger partial charge on any atom is -0.760 e. The molecule has 12 heteroatoms. The summed E-state index contributed by atoms with van der Waals surface area (Å²) in [5.74, 6) is -2.43. The smallest absolute Gasteiger partial charge is 0.228 e. The van der Waals surface area contributed by atoms with Crippen LogP contribution in [-0.2, 0) is 11.3 Å². The Morgan fingerprint density at radius 2 is 1.93 bits per heavy atom. The molecule has 0 amide bonds. The highest BCUT2D eigenvalue weighted by atomic mass is 32.2. The van der Waals surface area contributed by atoms with E-state index in [1.165, 1.54) is 12.3 Å². The molecular weight excluding hydrogens is 538 g/mol. The monoisotopic (exact) mass is 565 g/mol. The number of ether oxygens (including phenoxy) is 1. The van der Waals surface area contributed by atoms with Gasteiger partial charge < -0.3 is 19.9 Å². The molecule has 0 radical (unpaired) electrons. The van der Waals surface area contributed by atoms with Gasteiger partial charge in [0, 0.05) is 41.8 Å². The molecule has 5 rings (SSSR count). The van der Waals surface area contributed by atoms with E-state index in [0.29, 0.717) is 22.8 Å². The Labute approximate surface area is 232 Å². The van der Waals surface area contributed by atoms with Crippen LogP contribution in [0.3, 0.4) is 0 Å². The molecule has 2 aromatic heterocycles. The zero-order valence-electron chi connectivity index (χ0n) is 21.6. The van der Waals surface area contributed by atoms with Gasteiger partial charge >= 0.3 is 0 Å². The molecule has 4 aromatic rings. The van der Waals surface area contributed by atoms with E-state index in [0.717, 1.165) is 25.9 Å². The first-order chi connectivity index (χ1) is 19.4. The Morgan fingerprint density at radius 1 is 1.10 bits per heavy atom. The first kappa shape index (κ1) is 27.7. The standard InChI is InChI=1S/C28H28F2N6O3S/c1-17-15-22(24(29)25(30)23(17)26(36-40(37)38)18-7-3-2-4-8-18)39-27-20(10-6-13-32-27)21-11-14-33-28(35-21)34-19-9-5-12-31-16-19/h2-4,6-8,10-11,13-15,19,26,31,36H,5,9,12,16H2,1H3,(H,37,38)(H,33,34,35)/p-1/t19-,26-/m0/s1. The fraction of sp³-hybridized carbons (Fsp3) is 0.250. The van der Waals surface area contributed by atoms with E-state index in [1.54, 1.807) is 61.7 Å². The topological polar surface area (TPSA) is 124 Å². The summed E-state index contributed by atoms with van der Waals surface area (Å²) in [5.41, 5.74) is 1.54. The van der Waals surface area contributed by atoms with Crippen LogP contribution in [0.2, 0.25) is 0 Å². The summed E-state index contributed by atoms with van der Waals surface area (Å²) < 4.78 is 62.1. The number of halogens is 2. The largest absolute Gasteiger partial charge is 0.760 e. The summed E-state index contributed by atoms with van der Waals surface area (Å²) in [6.07, 6.45) is 5.12. The average Bonchev–Trinajstić information content (AvgIpc) is 2.96. The van der Waals surface area contributed by atoms with Gasteiger partial charge in [-0.1, -0.05) is 30.3 Å². The van der Waals surface area contributed by atoms with Crippen molar-refractivity contribution in [2.24, 2.45) is 0 Å². The van der Waals surface area contributed by atoms with Crippen LogP contribution in [0.25, 0.3) is 11.3 Å². The second-order valence-corrected chi connectivity index (χ2v) is 10.0. The summed E-state index contributed by atoms with van der Waals surface area (Å²) >= 11 is -2.74.